The third-order valence-electron chi connectivity index (χ3n) is 8.69. The Hall–Kier alpha value is -1.40. The number of hydrogen-bond donors (Lipinski definition) is 2. The third-order valence-corrected chi connectivity index (χ3v) is 8.69. The summed E-state index contributed by atoms with van der Waals surface area (Å²) in [5, 5.41) is 22.1. The average molecular weight is 407 g/mol. The molecule has 4 aliphatic rings. The van der Waals surface area contributed by atoms with Gasteiger partial charge in [0.15, 0.2) is 0 Å². The summed E-state index contributed by atoms with van der Waals surface area (Å²) in [5.41, 5.74) is 0.841. The highest BCUT2D eigenvalue weighted by Crippen LogP contribution is 2.65. The maximum absolute atomic E-state index is 11.5. The molecule has 2 N–H and O–H groups in total. The smallest absolute Gasteiger partial charge is 0.302 e. The van der Waals surface area contributed by atoms with Crippen molar-refractivity contribution in [3.8, 4) is 0 Å². The molecular weight excluding hydrogens is 372 g/mol. The van der Waals surface area contributed by atoms with E-state index in [1.165, 1.54) is 19.4 Å². The highest BCUT2D eigenvalue weighted by atomic mass is 16.6. The fraction of sp³-hybridized carbons (Fsp3) is 0.826. The first-order chi connectivity index (χ1) is 13.6. The van der Waals surface area contributed by atoms with Crippen LogP contribution >= 0.6 is 0 Å². The van der Waals surface area contributed by atoms with Gasteiger partial charge in [-0.05, 0) is 55.3 Å². The Balaban J connectivity index is 1.63. The summed E-state index contributed by atoms with van der Waals surface area (Å²) >= 11 is 0. The molecule has 0 aromatic rings. The Labute approximate surface area is 172 Å². The molecule has 3 saturated carbocycles. The lowest BCUT2D eigenvalue weighted by Crippen LogP contribution is -2.55. The van der Waals surface area contributed by atoms with Gasteiger partial charge in [-0.2, -0.15) is 0 Å². The van der Waals surface area contributed by atoms with E-state index in [0.717, 1.165) is 25.7 Å². The number of aliphatic hydroxyl groups is 2. The van der Waals surface area contributed by atoms with Crippen LogP contribution in [0.5, 0.6) is 0 Å². The van der Waals surface area contributed by atoms with Gasteiger partial charge in [0, 0.05) is 25.7 Å². The zero-order valence-corrected chi connectivity index (χ0v) is 17.9. The van der Waals surface area contributed by atoms with E-state index < -0.39 is 18.3 Å². The van der Waals surface area contributed by atoms with Gasteiger partial charge in [-0.25, -0.2) is 0 Å². The van der Waals surface area contributed by atoms with Crippen LogP contribution in [-0.4, -0.2) is 46.6 Å². The number of carbonyl (C=O) groups excluding carboxylic acids is 2. The molecule has 0 heterocycles. The van der Waals surface area contributed by atoms with E-state index in [4.69, 9.17) is 9.47 Å². The van der Waals surface area contributed by atoms with Crippen LogP contribution < -0.4 is 0 Å². The second kappa shape index (κ2) is 7.09. The highest BCUT2D eigenvalue weighted by molar-refractivity contribution is 5.66. The fourth-order valence-electron chi connectivity index (χ4n) is 7.24. The second-order valence-corrected chi connectivity index (χ2v) is 10.2. The molecule has 0 radical (unpaired) electrons. The summed E-state index contributed by atoms with van der Waals surface area (Å²) in [7, 11) is 0. The summed E-state index contributed by atoms with van der Waals surface area (Å²) in [6.07, 6.45) is 4.98. The molecule has 4 aliphatic carbocycles. The summed E-state index contributed by atoms with van der Waals surface area (Å²) < 4.78 is 10.9. The predicted octanol–water partition coefficient (Wildman–Crippen LogP) is 2.75. The number of rotatable bonds is 2. The Bertz CT molecular complexity index is 731. The van der Waals surface area contributed by atoms with Crippen LogP contribution in [0.15, 0.2) is 11.6 Å². The number of esters is 2. The quantitative estimate of drug-likeness (QED) is 0.541. The average Bonchev–Trinajstić information content (AvgIpc) is 2.87. The largest absolute Gasteiger partial charge is 0.462 e. The summed E-state index contributed by atoms with van der Waals surface area (Å²) in [4.78, 5) is 22.9. The van der Waals surface area contributed by atoms with Gasteiger partial charge < -0.3 is 19.7 Å². The minimum Gasteiger partial charge on any atom is -0.462 e. The van der Waals surface area contributed by atoms with Crippen molar-refractivity contribution in [2.24, 2.45) is 28.6 Å². The van der Waals surface area contributed by atoms with Gasteiger partial charge in [-0.1, -0.05) is 25.5 Å². The zero-order valence-electron chi connectivity index (χ0n) is 17.9. The van der Waals surface area contributed by atoms with Gasteiger partial charge in [-0.3, -0.25) is 9.59 Å². The molecule has 0 bridgehead atoms. The topological polar surface area (TPSA) is 93.1 Å². The number of ether oxygens (including phenoxy) is 2. The monoisotopic (exact) mass is 406 g/mol. The van der Waals surface area contributed by atoms with E-state index in [0.29, 0.717) is 18.8 Å². The first-order valence-corrected chi connectivity index (χ1v) is 11.0. The molecule has 0 aliphatic heterocycles. The van der Waals surface area contributed by atoms with Crippen LogP contribution in [-0.2, 0) is 19.1 Å². The van der Waals surface area contributed by atoms with E-state index in [1.54, 1.807) is 0 Å². The summed E-state index contributed by atoms with van der Waals surface area (Å²) in [6, 6.07) is 0. The van der Waals surface area contributed by atoms with Gasteiger partial charge in [0.25, 0.3) is 0 Å². The van der Waals surface area contributed by atoms with Crippen molar-refractivity contribution in [2.45, 2.75) is 90.6 Å². The second-order valence-electron chi connectivity index (χ2n) is 10.2. The van der Waals surface area contributed by atoms with E-state index in [-0.39, 0.29) is 40.7 Å². The number of fused-ring (bicyclic) bond motifs is 5. The lowest BCUT2D eigenvalue weighted by atomic mass is 9.47. The first kappa shape index (κ1) is 20.9. The molecule has 29 heavy (non-hydrogen) atoms. The Morgan fingerprint density at radius 2 is 1.72 bits per heavy atom. The first-order valence-electron chi connectivity index (χ1n) is 11.0. The predicted molar refractivity (Wildman–Crippen MR) is 106 cm³/mol. The van der Waals surface area contributed by atoms with E-state index in [9.17, 15) is 19.8 Å². The lowest BCUT2D eigenvalue weighted by Gasteiger charge is -2.58. The molecule has 0 aromatic carbocycles. The molecule has 0 spiro atoms. The van der Waals surface area contributed by atoms with Crippen molar-refractivity contribution in [1.82, 2.24) is 0 Å². The van der Waals surface area contributed by atoms with E-state index >= 15 is 0 Å². The van der Waals surface area contributed by atoms with Gasteiger partial charge in [-0.15, -0.1) is 0 Å². The Kier molecular flexibility index (Phi) is 5.10. The molecule has 6 heteroatoms. The summed E-state index contributed by atoms with van der Waals surface area (Å²) in [6.45, 7) is 7.21. The van der Waals surface area contributed by atoms with E-state index in [1.807, 2.05) is 6.08 Å². The van der Waals surface area contributed by atoms with Gasteiger partial charge >= 0.3 is 11.9 Å². The lowest BCUT2D eigenvalue weighted by molar-refractivity contribution is -0.155. The van der Waals surface area contributed by atoms with Crippen molar-refractivity contribution < 1.29 is 29.3 Å². The number of carbonyl (C=O) groups is 2. The number of hydrogen-bond acceptors (Lipinski definition) is 6. The van der Waals surface area contributed by atoms with Gasteiger partial charge in [0.05, 0.1) is 12.2 Å². The van der Waals surface area contributed by atoms with Crippen molar-refractivity contribution in [2.75, 3.05) is 0 Å². The normalized spacial score (nSPS) is 48.6. The molecule has 9 atom stereocenters. The maximum atomic E-state index is 11.5. The van der Waals surface area contributed by atoms with Crippen LogP contribution in [0.3, 0.4) is 0 Å². The molecule has 4 unspecified atom stereocenters. The SMILES string of the molecule is CC(=O)O[C@H]1CC[C@@]2(C)C(=CC(O)C3C2CC[C@@]2(C)C3C[C@@H](OC(C)=O)[C@@H]2O)C1. The van der Waals surface area contributed by atoms with E-state index in [2.05, 4.69) is 13.8 Å². The van der Waals surface area contributed by atoms with Gasteiger partial charge in [0.2, 0.25) is 0 Å². The number of aliphatic hydroxyl groups excluding tert-OH is 2. The maximum Gasteiger partial charge on any atom is 0.302 e. The van der Waals surface area contributed by atoms with Crippen LogP contribution in [0.25, 0.3) is 0 Å². The van der Waals surface area contributed by atoms with Gasteiger partial charge in [0.1, 0.15) is 12.2 Å². The molecule has 4 rings (SSSR count). The van der Waals surface area contributed by atoms with Crippen molar-refractivity contribution in [1.29, 1.82) is 0 Å². The van der Waals surface area contributed by atoms with Crippen molar-refractivity contribution >= 4 is 11.9 Å². The molecule has 162 valence electrons. The highest BCUT2D eigenvalue weighted by Gasteiger charge is 2.63. The summed E-state index contributed by atoms with van der Waals surface area (Å²) in [5.74, 6) is -0.148. The minimum atomic E-state index is -0.692. The van der Waals surface area contributed by atoms with Crippen LogP contribution in [0.1, 0.15) is 66.2 Å². The molecule has 6 nitrogen and oxygen atoms in total. The Morgan fingerprint density at radius 1 is 1.03 bits per heavy atom. The Morgan fingerprint density at radius 3 is 2.38 bits per heavy atom. The molecule has 3 fully saturated rings. The van der Waals surface area contributed by atoms with Crippen molar-refractivity contribution in [3.63, 3.8) is 0 Å². The van der Waals surface area contributed by atoms with Crippen LogP contribution in [0, 0.1) is 28.6 Å². The molecule has 0 saturated heterocycles. The van der Waals surface area contributed by atoms with Crippen molar-refractivity contribution in [3.05, 3.63) is 11.6 Å². The fourth-order valence-corrected chi connectivity index (χ4v) is 7.24. The molecule has 0 aromatic heterocycles. The van der Waals surface area contributed by atoms with Crippen LogP contribution in [0.2, 0.25) is 0 Å². The van der Waals surface area contributed by atoms with Crippen LogP contribution in [0.4, 0.5) is 0 Å². The molecular formula is C23H34O6. The minimum absolute atomic E-state index is 0.0215. The molecule has 0 amide bonds. The zero-order chi connectivity index (χ0) is 21.1. The third kappa shape index (κ3) is 3.23. The standard InChI is InChI=1S/C23H34O6/c1-12(24)28-15-5-7-22(3)14(9-15)10-18(26)20-16(22)6-8-23(4)17(20)11-19(21(23)27)29-13(2)25/h10,15-21,26-27H,5-9,11H2,1-4H3/t15-,16?,17?,18?,19+,20?,21-,22-,23-/m0/s1.